The average Bonchev–Trinajstić information content (AvgIpc) is 2.65. The highest BCUT2D eigenvalue weighted by Crippen LogP contribution is 2.26. The van der Waals surface area contributed by atoms with Gasteiger partial charge in [-0.1, -0.05) is 0 Å². The molecule has 82 valence electrons. The number of nitrogens with one attached hydrogen (secondary N) is 1. The second-order valence-electron chi connectivity index (χ2n) is 2.99. The van der Waals surface area contributed by atoms with Crippen molar-refractivity contribution in [3.8, 4) is 11.3 Å². The molecule has 1 N–H and O–H groups in total. The molecule has 0 aliphatic rings. The van der Waals surface area contributed by atoms with Gasteiger partial charge in [-0.15, -0.1) is 11.3 Å². The van der Waals surface area contributed by atoms with Crippen LogP contribution in [0.15, 0.2) is 23.6 Å². The summed E-state index contributed by atoms with van der Waals surface area (Å²) in [4.78, 5) is 12.7. The van der Waals surface area contributed by atoms with Crippen molar-refractivity contribution in [2.24, 2.45) is 0 Å². The molecule has 4 nitrogen and oxygen atoms in total. The fraction of sp³-hybridized carbons (Fsp3) is 0. The molecule has 0 atom stereocenters. The molecule has 0 unspecified atom stereocenters. The zero-order valence-electron chi connectivity index (χ0n) is 7.77. The number of nitrogens with zero attached hydrogens (tertiary/aromatic N) is 1. The number of rotatable bonds is 2. The minimum atomic E-state index is -0.845. The molecule has 1 heterocycles. The fourth-order valence-electron chi connectivity index (χ4n) is 1.24. The first-order valence-corrected chi connectivity index (χ1v) is 5.49. The van der Waals surface area contributed by atoms with Crippen LogP contribution in [-0.4, -0.2) is 9.91 Å². The first-order valence-electron chi connectivity index (χ1n) is 4.20. The van der Waals surface area contributed by atoms with Crippen LogP contribution in [0.3, 0.4) is 0 Å². The standard InChI is InChI=1S/C9H5FN2O2S2/c10-6-2-1-5(3-8(6)12(13)14)7-4-16-9(15)11-7/h1-4H,(H,11,15). The van der Waals surface area contributed by atoms with E-state index in [4.69, 9.17) is 12.2 Å². The van der Waals surface area contributed by atoms with Gasteiger partial charge in [0.1, 0.15) is 0 Å². The molecule has 0 amide bonds. The number of nitro groups is 1. The van der Waals surface area contributed by atoms with E-state index in [9.17, 15) is 14.5 Å². The van der Waals surface area contributed by atoms with E-state index >= 15 is 0 Å². The van der Waals surface area contributed by atoms with Gasteiger partial charge in [-0.2, -0.15) is 4.39 Å². The lowest BCUT2D eigenvalue weighted by atomic mass is 10.1. The van der Waals surface area contributed by atoms with Gasteiger partial charge in [0.2, 0.25) is 5.82 Å². The Morgan fingerprint density at radius 3 is 2.81 bits per heavy atom. The average molecular weight is 256 g/mol. The van der Waals surface area contributed by atoms with Crippen molar-refractivity contribution >= 4 is 29.2 Å². The summed E-state index contributed by atoms with van der Waals surface area (Å²) < 4.78 is 13.6. The van der Waals surface area contributed by atoms with E-state index < -0.39 is 16.4 Å². The molecule has 1 aromatic heterocycles. The van der Waals surface area contributed by atoms with Crippen molar-refractivity contribution in [3.63, 3.8) is 0 Å². The Bertz CT molecular complexity index is 606. The van der Waals surface area contributed by atoms with Crippen LogP contribution in [0.4, 0.5) is 10.1 Å². The summed E-state index contributed by atoms with van der Waals surface area (Å²) >= 11 is 6.21. The van der Waals surface area contributed by atoms with E-state index in [2.05, 4.69) is 4.98 Å². The maximum Gasteiger partial charge on any atom is 0.305 e. The summed E-state index contributed by atoms with van der Waals surface area (Å²) in [5.74, 6) is -0.845. The van der Waals surface area contributed by atoms with E-state index in [1.807, 2.05) is 0 Å². The Hall–Kier alpha value is -1.60. The first-order chi connectivity index (χ1) is 7.58. The molecule has 1 aromatic carbocycles. The molecule has 0 bridgehead atoms. The van der Waals surface area contributed by atoms with Gasteiger partial charge in [0, 0.05) is 17.0 Å². The highest BCUT2D eigenvalue weighted by Gasteiger charge is 2.15. The number of hydrogen-bond donors (Lipinski definition) is 1. The van der Waals surface area contributed by atoms with Gasteiger partial charge in [-0.25, -0.2) is 0 Å². The smallest absolute Gasteiger partial charge is 0.305 e. The van der Waals surface area contributed by atoms with Crippen LogP contribution < -0.4 is 0 Å². The lowest BCUT2D eigenvalue weighted by molar-refractivity contribution is -0.387. The zero-order chi connectivity index (χ0) is 11.7. The van der Waals surface area contributed by atoms with Crippen LogP contribution in [0.25, 0.3) is 11.3 Å². The van der Waals surface area contributed by atoms with Crippen LogP contribution >= 0.6 is 23.6 Å². The minimum Gasteiger partial charge on any atom is -0.337 e. The fourth-order valence-corrected chi connectivity index (χ4v) is 2.08. The Labute approximate surface area is 98.5 Å². The molecule has 0 radical (unpaired) electrons. The number of benzene rings is 1. The molecule has 0 aliphatic heterocycles. The van der Waals surface area contributed by atoms with Crippen molar-refractivity contribution in [1.82, 2.24) is 4.98 Å². The highest BCUT2D eigenvalue weighted by molar-refractivity contribution is 7.73. The van der Waals surface area contributed by atoms with E-state index in [-0.39, 0.29) is 0 Å². The third-order valence-corrected chi connectivity index (χ3v) is 3.03. The Morgan fingerprint density at radius 2 is 2.25 bits per heavy atom. The van der Waals surface area contributed by atoms with Gasteiger partial charge in [-0.3, -0.25) is 10.1 Å². The number of halogens is 1. The molecule has 0 saturated heterocycles. The molecule has 0 saturated carbocycles. The molecule has 0 spiro atoms. The van der Waals surface area contributed by atoms with Gasteiger partial charge >= 0.3 is 5.69 Å². The van der Waals surface area contributed by atoms with Crippen molar-refractivity contribution < 1.29 is 9.31 Å². The predicted octanol–water partition coefficient (Wildman–Crippen LogP) is 3.52. The largest absolute Gasteiger partial charge is 0.337 e. The number of thiazole rings is 1. The minimum absolute atomic E-state index is 0.539. The number of H-pyrrole nitrogens is 1. The van der Waals surface area contributed by atoms with Crippen LogP contribution in [0.2, 0.25) is 0 Å². The third-order valence-electron chi connectivity index (χ3n) is 1.97. The van der Waals surface area contributed by atoms with E-state index in [0.717, 1.165) is 6.07 Å². The van der Waals surface area contributed by atoms with Crippen molar-refractivity contribution in [3.05, 3.63) is 43.5 Å². The molecular formula is C9H5FN2O2S2. The van der Waals surface area contributed by atoms with Gasteiger partial charge < -0.3 is 4.98 Å². The number of aromatic amines is 1. The lowest BCUT2D eigenvalue weighted by Gasteiger charge is -1.98. The van der Waals surface area contributed by atoms with Gasteiger partial charge in [0.05, 0.1) is 10.6 Å². The summed E-state index contributed by atoms with van der Waals surface area (Å²) in [6.07, 6.45) is 0. The Kier molecular flexibility index (Phi) is 2.80. The number of nitro benzene ring substituents is 1. The quantitative estimate of drug-likeness (QED) is 0.508. The van der Waals surface area contributed by atoms with Crippen LogP contribution in [-0.2, 0) is 0 Å². The maximum absolute atomic E-state index is 13.1. The van der Waals surface area contributed by atoms with E-state index in [1.165, 1.54) is 23.5 Å². The Balaban J connectivity index is 2.55. The maximum atomic E-state index is 13.1. The summed E-state index contributed by atoms with van der Waals surface area (Å²) in [6, 6.07) is 3.72. The Morgan fingerprint density at radius 1 is 1.50 bits per heavy atom. The van der Waals surface area contributed by atoms with Gasteiger partial charge in [0.15, 0.2) is 3.95 Å². The van der Waals surface area contributed by atoms with E-state index in [0.29, 0.717) is 15.2 Å². The van der Waals surface area contributed by atoms with Crippen LogP contribution in [0.5, 0.6) is 0 Å². The molecule has 7 heteroatoms. The lowest BCUT2D eigenvalue weighted by Crippen LogP contribution is -1.92. The van der Waals surface area contributed by atoms with Crippen LogP contribution in [0.1, 0.15) is 0 Å². The summed E-state index contributed by atoms with van der Waals surface area (Å²) in [5.41, 5.74) is 0.654. The summed E-state index contributed by atoms with van der Waals surface area (Å²) in [7, 11) is 0. The third kappa shape index (κ3) is 2.00. The normalized spacial score (nSPS) is 10.3. The van der Waals surface area contributed by atoms with Gasteiger partial charge in [-0.05, 0) is 24.4 Å². The SMILES string of the molecule is O=[N+]([O-])c1cc(-c2csc(=S)[nH]2)ccc1F. The topological polar surface area (TPSA) is 58.9 Å². The van der Waals surface area contributed by atoms with Crippen molar-refractivity contribution in [1.29, 1.82) is 0 Å². The predicted molar refractivity (Wildman–Crippen MR) is 61.6 cm³/mol. The van der Waals surface area contributed by atoms with Crippen molar-refractivity contribution in [2.75, 3.05) is 0 Å². The number of aromatic nitrogens is 1. The van der Waals surface area contributed by atoms with E-state index in [1.54, 1.807) is 5.38 Å². The number of hydrogen-bond acceptors (Lipinski definition) is 4. The zero-order valence-corrected chi connectivity index (χ0v) is 9.40. The first kappa shape index (κ1) is 10.9. The van der Waals surface area contributed by atoms with Gasteiger partial charge in [0.25, 0.3) is 0 Å². The second kappa shape index (κ2) is 4.11. The molecule has 0 fully saturated rings. The molecular weight excluding hydrogens is 251 g/mol. The molecule has 2 rings (SSSR count). The second-order valence-corrected chi connectivity index (χ2v) is 4.53. The summed E-state index contributed by atoms with van der Waals surface area (Å²) in [5, 5.41) is 12.3. The monoisotopic (exact) mass is 256 g/mol. The van der Waals surface area contributed by atoms with Crippen molar-refractivity contribution in [2.45, 2.75) is 0 Å². The molecule has 0 aliphatic carbocycles. The molecule has 2 aromatic rings. The summed E-state index contributed by atoms with van der Waals surface area (Å²) in [6.45, 7) is 0. The highest BCUT2D eigenvalue weighted by atomic mass is 32.1. The van der Waals surface area contributed by atoms with Crippen LogP contribution in [0, 0.1) is 19.9 Å². The molecule has 16 heavy (non-hydrogen) atoms.